The lowest BCUT2D eigenvalue weighted by atomic mass is 10.1. The van der Waals surface area contributed by atoms with Gasteiger partial charge in [0.1, 0.15) is 5.69 Å². The number of benzene rings is 1. The number of ether oxygens (including phenoxy) is 1. The van der Waals surface area contributed by atoms with E-state index in [2.05, 4.69) is 28.7 Å². The van der Waals surface area contributed by atoms with Gasteiger partial charge < -0.3 is 15.4 Å². The molecule has 2 atom stereocenters. The van der Waals surface area contributed by atoms with E-state index in [0.717, 1.165) is 35.9 Å². The van der Waals surface area contributed by atoms with Crippen molar-refractivity contribution >= 4 is 11.5 Å². The molecule has 2 heterocycles. The molecule has 0 amide bonds. The third-order valence-corrected chi connectivity index (χ3v) is 3.58. The number of nitrogens with two attached hydrogens (primary N) is 1. The fourth-order valence-electron chi connectivity index (χ4n) is 2.76. The quantitative estimate of drug-likeness (QED) is 0.858. The second-order valence-corrected chi connectivity index (χ2v) is 5.51. The Labute approximate surface area is 124 Å². The minimum Gasteiger partial charge on any atom is -0.399 e. The summed E-state index contributed by atoms with van der Waals surface area (Å²) in [6, 6.07) is 7.74. The molecule has 0 unspecified atom stereocenters. The van der Waals surface area contributed by atoms with Crippen LogP contribution < -0.4 is 10.6 Å². The minimum absolute atomic E-state index is 0.190. The van der Waals surface area contributed by atoms with Crippen LogP contribution in [0.4, 0.5) is 11.5 Å². The molecule has 1 aromatic heterocycles. The van der Waals surface area contributed by atoms with Crippen molar-refractivity contribution in [1.29, 1.82) is 0 Å². The molecular weight excluding hydrogens is 264 g/mol. The highest BCUT2D eigenvalue weighted by Crippen LogP contribution is 2.29. The Kier molecular flexibility index (Phi) is 3.75. The normalized spacial score (nSPS) is 22.3. The van der Waals surface area contributed by atoms with Gasteiger partial charge >= 0.3 is 0 Å². The predicted octanol–water partition coefficient (Wildman–Crippen LogP) is 2.34. The zero-order valence-corrected chi connectivity index (χ0v) is 12.4. The third kappa shape index (κ3) is 2.97. The summed E-state index contributed by atoms with van der Waals surface area (Å²) in [4.78, 5) is 11.3. The molecule has 1 fully saturated rings. The van der Waals surface area contributed by atoms with Crippen LogP contribution in [0.15, 0.2) is 36.7 Å². The van der Waals surface area contributed by atoms with E-state index in [1.54, 1.807) is 12.4 Å². The summed E-state index contributed by atoms with van der Waals surface area (Å²) in [7, 11) is 0. The Morgan fingerprint density at radius 2 is 1.67 bits per heavy atom. The summed E-state index contributed by atoms with van der Waals surface area (Å²) in [6.07, 6.45) is 3.84. The van der Waals surface area contributed by atoms with Crippen LogP contribution in [-0.2, 0) is 4.74 Å². The van der Waals surface area contributed by atoms with Crippen LogP contribution in [-0.4, -0.2) is 35.3 Å². The van der Waals surface area contributed by atoms with Gasteiger partial charge in [-0.2, -0.15) is 0 Å². The molecule has 5 nitrogen and oxygen atoms in total. The molecule has 0 radical (unpaired) electrons. The van der Waals surface area contributed by atoms with Gasteiger partial charge in [0.15, 0.2) is 5.82 Å². The molecule has 1 saturated heterocycles. The lowest BCUT2D eigenvalue weighted by molar-refractivity contribution is -0.00543. The Hall–Kier alpha value is -2.14. The smallest absolute Gasteiger partial charge is 0.155 e. The van der Waals surface area contributed by atoms with Gasteiger partial charge in [-0.1, -0.05) is 12.1 Å². The van der Waals surface area contributed by atoms with E-state index >= 15 is 0 Å². The number of anilines is 2. The van der Waals surface area contributed by atoms with Gasteiger partial charge in [-0.15, -0.1) is 0 Å². The van der Waals surface area contributed by atoms with Crippen molar-refractivity contribution in [2.45, 2.75) is 26.1 Å². The van der Waals surface area contributed by atoms with Crippen molar-refractivity contribution in [3.63, 3.8) is 0 Å². The first-order chi connectivity index (χ1) is 10.1. The van der Waals surface area contributed by atoms with Crippen molar-refractivity contribution in [2.24, 2.45) is 0 Å². The van der Waals surface area contributed by atoms with Crippen molar-refractivity contribution in [3.8, 4) is 11.3 Å². The Morgan fingerprint density at radius 3 is 2.33 bits per heavy atom. The summed E-state index contributed by atoms with van der Waals surface area (Å²) in [5.41, 5.74) is 8.42. The average Bonchev–Trinajstić information content (AvgIpc) is 2.47. The van der Waals surface area contributed by atoms with E-state index in [4.69, 9.17) is 10.5 Å². The van der Waals surface area contributed by atoms with Crippen LogP contribution in [0.5, 0.6) is 0 Å². The molecule has 0 saturated carbocycles. The standard InChI is InChI=1S/C16H20N4O/c1-11-9-20(10-12(2)21-11)16-15(18-7-8-19-16)13-3-5-14(17)6-4-13/h3-8,11-12H,9-10,17H2,1-2H3/t11-,12+. The number of rotatable bonds is 2. The predicted molar refractivity (Wildman–Crippen MR) is 84.1 cm³/mol. The fraction of sp³-hybridized carbons (Fsp3) is 0.375. The van der Waals surface area contributed by atoms with E-state index in [0.29, 0.717) is 0 Å². The highest BCUT2D eigenvalue weighted by atomic mass is 16.5. The van der Waals surface area contributed by atoms with Crippen LogP contribution in [0.3, 0.4) is 0 Å². The van der Waals surface area contributed by atoms with Gasteiger partial charge in [-0.25, -0.2) is 4.98 Å². The van der Waals surface area contributed by atoms with Crippen molar-refractivity contribution in [1.82, 2.24) is 9.97 Å². The maximum atomic E-state index is 5.79. The van der Waals surface area contributed by atoms with Crippen LogP contribution in [0, 0.1) is 0 Å². The highest BCUT2D eigenvalue weighted by molar-refractivity contribution is 5.73. The monoisotopic (exact) mass is 284 g/mol. The Morgan fingerprint density at radius 1 is 1.05 bits per heavy atom. The van der Waals surface area contributed by atoms with Crippen molar-refractivity contribution in [3.05, 3.63) is 36.7 Å². The molecule has 1 aliphatic heterocycles. The maximum Gasteiger partial charge on any atom is 0.155 e. The lowest BCUT2D eigenvalue weighted by Gasteiger charge is -2.36. The summed E-state index contributed by atoms with van der Waals surface area (Å²) in [6.45, 7) is 5.82. The number of aromatic nitrogens is 2. The molecule has 0 aliphatic carbocycles. The summed E-state index contributed by atoms with van der Waals surface area (Å²) < 4.78 is 5.79. The first kappa shape index (κ1) is 13.8. The highest BCUT2D eigenvalue weighted by Gasteiger charge is 2.25. The molecule has 3 rings (SSSR count). The SMILES string of the molecule is C[C@@H]1CN(c2nccnc2-c2ccc(N)cc2)C[C@H](C)O1. The van der Waals surface area contributed by atoms with Crippen LogP contribution in [0.2, 0.25) is 0 Å². The number of hydrogen-bond acceptors (Lipinski definition) is 5. The van der Waals surface area contributed by atoms with Gasteiger partial charge in [0.05, 0.1) is 12.2 Å². The topological polar surface area (TPSA) is 64.3 Å². The summed E-state index contributed by atoms with van der Waals surface area (Å²) in [5, 5.41) is 0. The molecule has 1 aromatic carbocycles. The van der Waals surface area contributed by atoms with E-state index in [-0.39, 0.29) is 12.2 Å². The lowest BCUT2D eigenvalue weighted by Crippen LogP contribution is -2.46. The van der Waals surface area contributed by atoms with E-state index in [1.807, 2.05) is 24.3 Å². The Balaban J connectivity index is 1.97. The van der Waals surface area contributed by atoms with Gasteiger partial charge in [-0.05, 0) is 26.0 Å². The van der Waals surface area contributed by atoms with Gasteiger partial charge in [0, 0.05) is 36.7 Å². The van der Waals surface area contributed by atoms with Crippen LogP contribution >= 0.6 is 0 Å². The summed E-state index contributed by atoms with van der Waals surface area (Å²) in [5.74, 6) is 0.907. The maximum absolute atomic E-state index is 5.79. The summed E-state index contributed by atoms with van der Waals surface area (Å²) >= 11 is 0. The van der Waals surface area contributed by atoms with Crippen LogP contribution in [0.25, 0.3) is 11.3 Å². The Bertz CT molecular complexity index is 604. The van der Waals surface area contributed by atoms with Gasteiger partial charge in [0.2, 0.25) is 0 Å². The molecule has 1 aliphatic rings. The number of nitrogens with zero attached hydrogens (tertiary/aromatic N) is 3. The third-order valence-electron chi connectivity index (χ3n) is 3.58. The van der Waals surface area contributed by atoms with E-state index in [9.17, 15) is 0 Å². The van der Waals surface area contributed by atoms with Crippen molar-refractivity contribution < 1.29 is 4.74 Å². The first-order valence-electron chi connectivity index (χ1n) is 7.21. The second kappa shape index (κ2) is 5.69. The van der Waals surface area contributed by atoms with Crippen molar-refractivity contribution in [2.75, 3.05) is 23.7 Å². The molecule has 5 heteroatoms. The van der Waals surface area contributed by atoms with Gasteiger partial charge in [0.25, 0.3) is 0 Å². The van der Waals surface area contributed by atoms with Crippen LogP contribution in [0.1, 0.15) is 13.8 Å². The molecular formula is C16H20N4O. The molecule has 2 N–H and O–H groups in total. The van der Waals surface area contributed by atoms with E-state index in [1.165, 1.54) is 0 Å². The molecule has 2 aromatic rings. The number of hydrogen-bond donors (Lipinski definition) is 1. The van der Waals surface area contributed by atoms with Gasteiger partial charge in [-0.3, -0.25) is 4.98 Å². The zero-order valence-electron chi connectivity index (χ0n) is 12.4. The molecule has 0 bridgehead atoms. The molecule has 21 heavy (non-hydrogen) atoms. The number of morpholine rings is 1. The molecule has 0 spiro atoms. The number of nitrogen functional groups attached to an aromatic ring is 1. The average molecular weight is 284 g/mol. The zero-order chi connectivity index (χ0) is 14.8. The second-order valence-electron chi connectivity index (χ2n) is 5.51. The fourth-order valence-corrected chi connectivity index (χ4v) is 2.76. The van der Waals surface area contributed by atoms with E-state index < -0.39 is 0 Å². The first-order valence-corrected chi connectivity index (χ1v) is 7.21. The molecule has 110 valence electrons. The minimum atomic E-state index is 0.190. The largest absolute Gasteiger partial charge is 0.399 e.